The molecule has 0 saturated heterocycles. The second kappa shape index (κ2) is 5.65. The van der Waals surface area contributed by atoms with Crippen molar-refractivity contribution in [1.82, 2.24) is 0 Å². The number of esters is 1. The number of anilines is 1. The van der Waals surface area contributed by atoms with Crippen LogP contribution in [0.2, 0.25) is 0 Å². The van der Waals surface area contributed by atoms with E-state index < -0.39 is 6.04 Å². The number of methoxy groups -OCH3 is 1. The molecule has 0 bridgehead atoms. The highest BCUT2D eigenvalue weighted by Crippen LogP contribution is 2.22. The number of nitrogens with one attached hydrogen (secondary N) is 1. The first kappa shape index (κ1) is 12.7. The van der Waals surface area contributed by atoms with Gasteiger partial charge in [0.15, 0.2) is 5.78 Å². The maximum Gasteiger partial charge on any atom is 0.308 e. The third kappa shape index (κ3) is 3.66. The summed E-state index contributed by atoms with van der Waals surface area (Å²) in [6.45, 7) is 3.44. The molecule has 0 radical (unpaired) electrons. The molecule has 0 aliphatic rings. The van der Waals surface area contributed by atoms with Gasteiger partial charge in [0.05, 0.1) is 24.6 Å². The van der Waals surface area contributed by atoms with Crippen molar-refractivity contribution in [3.8, 4) is 0 Å². The van der Waals surface area contributed by atoms with Crippen molar-refractivity contribution in [2.24, 2.45) is 0 Å². The van der Waals surface area contributed by atoms with Crippen LogP contribution in [-0.4, -0.2) is 24.9 Å². The number of hydrogen-bond donors (Lipinski definition) is 1. The molecule has 0 aromatic carbocycles. The van der Waals surface area contributed by atoms with Crippen LogP contribution in [0.4, 0.5) is 5.00 Å². The van der Waals surface area contributed by atoms with Crippen LogP contribution in [0, 0.1) is 6.92 Å². The molecule has 0 fully saturated rings. The number of ether oxygens (including phenoxy) is 1. The van der Waals surface area contributed by atoms with Crippen LogP contribution in [0.15, 0.2) is 12.1 Å². The molecule has 88 valence electrons. The fourth-order valence-corrected chi connectivity index (χ4v) is 2.05. The number of thiophene rings is 1. The number of ketones is 1. The van der Waals surface area contributed by atoms with Gasteiger partial charge in [-0.2, -0.15) is 0 Å². The summed E-state index contributed by atoms with van der Waals surface area (Å²) in [6, 6.07) is 3.35. The standard InChI is InChI=1S/C11H15NO3S/c1-7-4-5-10(16-7)12-9(8(2)13)6-11(14)15-3/h4-5,9,12H,6H2,1-3H3. The first-order valence-corrected chi connectivity index (χ1v) is 5.75. The summed E-state index contributed by atoms with van der Waals surface area (Å²) in [7, 11) is 1.31. The van der Waals surface area contributed by atoms with Crippen LogP contribution in [0.5, 0.6) is 0 Å². The number of aryl methyl sites for hydroxylation is 1. The smallest absolute Gasteiger partial charge is 0.308 e. The van der Waals surface area contributed by atoms with Gasteiger partial charge in [0.1, 0.15) is 0 Å². The van der Waals surface area contributed by atoms with Crippen LogP contribution >= 0.6 is 11.3 Å². The van der Waals surface area contributed by atoms with Gasteiger partial charge in [0.2, 0.25) is 0 Å². The van der Waals surface area contributed by atoms with Gasteiger partial charge in [-0.25, -0.2) is 0 Å². The van der Waals surface area contributed by atoms with Gasteiger partial charge in [-0.3, -0.25) is 9.59 Å². The lowest BCUT2D eigenvalue weighted by Crippen LogP contribution is -2.30. The Morgan fingerprint density at radius 3 is 2.62 bits per heavy atom. The molecule has 0 aliphatic heterocycles. The van der Waals surface area contributed by atoms with Crippen molar-refractivity contribution in [1.29, 1.82) is 0 Å². The summed E-state index contributed by atoms with van der Waals surface area (Å²) in [6.07, 6.45) is 0.0583. The molecule has 0 amide bonds. The van der Waals surface area contributed by atoms with Crippen LogP contribution in [-0.2, 0) is 14.3 Å². The quantitative estimate of drug-likeness (QED) is 0.801. The zero-order chi connectivity index (χ0) is 12.1. The fourth-order valence-electron chi connectivity index (χ4n) is 1.23. The predicted octanol–water partition coefficient (Wildman–Crippen LogP) is 1.99. The summed E-state index contributed by atoms with van der Waals surface area (Å²) in [4.78, 5) is 23.6. The lowest BCUT2D eigenvalue weighted by molar-refractivity contribution is -0.142. The molecule has 1 aromatic rings. The molecule has 1 heterocycles. The van der Waals surface area contributed by atoms with Crippen LogP contribution in [0.25, 0.3) is 0 Å². The molecule has 16 heavy (non-hydrogen) atoms. The Balaban J connectivity index is 2.65. The molecule has 1 atom stereocenters. The number of carbonyl (C=O) groups is 2. The van der Waals surface area contributed by atoms with E-state index in [0.717, 1.165) is 9.88 Å². The largest absolute Gasteiger partial charge is 0.469 e. The van der Waals surface area contributed by atoms with E-state index in [1.807, 2.05) is 19.1 Å². The number of rotatable bonds is 5. The maximum atomic E-state index is 11.3. The van der Waals surface area contributed by atoms with E-state index in [0.29, 0.717) is 0 Å². The summed E-state index contributed by atoms with van der Waals surface area (Å²) in [5.74, 6) is -0.461. The number of carbonyl (C=O) groups excluding carboxylic acids is 2. The molecule has 0 saturated carbocycles. The highest BCUT2D eigenvalue weighted by atomic mass is 32.1. The van der Waals surface area contributed by atoms with Crippen molar-refractivity contribution < 1.29 is 14.3 Å². The number of hydrogen-bond acceptors (Lipinski definition) is 5. The second-order valence-electron chi connectivity index (χ2n) is 3.50. The SMILES string of the molecule is COC(=O)CC(Nc1ccc(C)s1)C(C)=O. The summed E-state index contributed by atoms with van der Waals surface area (Å²) < 4.78 is 4.55. The minimum atomic E-state index is -0.509. The predicted molar refractivity (Wildman–Crippen MR) is 63.8 cm³/mol. The highest BCUT2D eigenvalue weighted by Gasteiger charge is 2.19. The van der Waals surface area contributed by atoms with E-state index in [4.69, 9.17) is 0 Å². The minimum Gasteiger partial charge on any atom is -0.469 e. The Hall–Kier alpha value is -1.36. The van der Waals surface area contributed by atoms with Gasteiger partial charge in [-0.15, -0.1) is 11.3 Å². The van der Waals surface area contributed by atoms with E-state index in [2.05, 4.69) is 10.1 Å². The van der Waals surface area contributed by atoms with Crippen molar-refractivity contribution in [3.63, 3.8) is 0 Å². The summed E-state index contributed by atoms with van der Waals surface area (Å²) in [5.41, 5.74) is 0. The Kier molecular flexibility index (Phi) is 4.49. The average molecular weight is 241 g/mol. The van der Waals surface area contributed by atoms with Gasteiger partial charge in [-0.1, -0.05) is 0 Å². The molecule has 0 spiro atoms. The fraction of sp³-hybridized carbons (Fsp3) is 0.455. The first-order valence-electron chi connectivity index (χ1n) is 4.93. The third-order valence-electron chi connectivity index (χ3n) is 2.15. The van der Waals surface area contributed by atoms with E-state index in [-0.39, 0.29) is 18.2 Å². The molecule has 1 unspecified atom stereocenters. The molecular weight excluding hydrogens is 226 g/mol. The van der Waals surface area contributed by atoms with Crippen molar-refractivity contribution in [2.75, 3.05) is 12.4 Å². The van der Waals surface area contributed by atoms with E-state index in [9.17, 15) is 9.59 Å². The second-order valence-corrected chi connectivity index (χ2v) is 4.79. The molecule has 1 rings (SSSR count). The molecular formula is C11H15NO3S. The van der Waals surface area contributed by atoms with Crippen LogP contribution < -0.4 is 5.32 Å². The van der Waals surface area contributed by atoms with Gasteiger partial charge in [-0.05, 0) is 26.0 Å². The number of Topliss-reactive ketones (excluding diaryl/α,β-unsaturated/α-hetero) is 1. The van der Waals surface area contributed by atoms with Gasteiger partial charge < -0.3 is 10.1 Å². The Morgan fingerprint density at radius 1 is 1.50 bits per heavy atom. The Morgan fingerprint density at radius 2 is 2.19 bits per heavy atom. The zero-order valence-electron chi connectivity index (χ0n) is 9.57. The highest BCUT2D eigenvalue weighted by molar-refractivity contribution is 7.16. The lowest BCUT2D eigenvalue weighted by Gasteiger charge is -2.14. The first-order chi connectivity index (χ1) is 7.52. The third-order valence-corrected chi connectivity index (χ3v) is 3.08. The van der Waals surface area contributed by atoms with E-state index in [1.165, 1.54) is 14.0 Å². The van der Waals surface area contributed by atoms with Gasteiger partial charge in [0.25, 0.3) is 0 Å². The van der Waals surface area contributed by atoms with Crippen LogP contribution in [0.1, 0.15) is 18.2 Å². The minimum absolute atomic E-state index is 0.0583. The topological polar surface area (TPSA) is 55.4 Å². The van der Waals surface area contributed by atoms with Crippen molar-refractivity contribution in [3.05, 3.63) is 17.0 Å². The van der Waals surface area contributed by atoms with Gasteiger partial charge >= 0.3 is 5.97 Å². The average Bonchev–Trinajstić information content (AvgIpc) is 2.62. The van der Waals surface area contributed by atoms with E-state index >= 15 is 0 Å². The zero-order valence-corrected chi connectivity index (χ0v) is 10.4. The Bertz CT molecular complexity index is 386. The Labute approximate surface area is 98.6 Å². The normalized spacial score (nSPS) is 11.9. The van der Waals surface area contributed by atoms with E-state index in [1.54, 1.807) is 11.3 Å². The van der Waals surface area contributed by atoms with Crippen molar-refractivity contribution in [2.45, 2.75) is 26.3 Å². The monoisotopic (exact) mass is 241 g/mol. The molecule has 0 aliphatic carbocycles. The molecule has 1 N–H and O–H groups in total. The molecule has 1 aromatic heterocycles. The molecule has 4 nitrogen and oxygen atoms in total. The molecule has 5 heteroatoms. The summed E-state index contributed by atoms with van der Waals surface area (Å²) in [5, 5.41) is 3.92. The van der Waals surface area contributed by atoms with Crippen molar-refractivity contribution >= 4 is 28.1 Å². The lowest BCUT2D eigenvalue weighted by atomic mass is 10.1. The maximum absolute atomic E-state index is 11.3. The summed E-state index contributed by atoms with van der Waals surface area (Å²) >= 11 is 1.55. The van der Waals surface area contributed by atoms with Gasteiger partial charge in [0, 0.05) is 4.88 Å². The van der Waals surface area contributed by atoms with Crippen LogP contribution in [0.3, 0.4) is 0 Å².